The lowest BCUT2D eigenvalue weighted by atomic mass is 10.1. The molecule has 1 radical (unpaired) electrons. The molecule has 1 aromatic heterocycles. The van der Waals surface area contributed by atoms with Crippen molar-refractivity contribution in [1.82, 2.24) is 4.73 Å². The van der Waals surface area contributed by atoms with E-state index in [0.717, 1.165) is 4.73 Å². The van der Waals surface area contributed by atoms with E-state index in [1.165, 1.54) is 18.5 Å². The highest BCUT2D eigenvalue weighted by atomic mass is 19.4. The summed E-state index contributed by atoms with van der Waals surface area (Å²) in [6.07, 6.45) is -7.37. The first kappa shape index (κ1) is 14.3. The Labute approximate surface area is 109 Å². The molecular weight excluding hydrogens is 288 g/mol. The lowest BCUT2D eigenvalue weighted by Gasteiger charge is -2.16. The minimum Gasteiger partial charge on any atom is -0.375 e. The fourth-order valence-electron chi connectivity index (χ4n) is 1.45. The molecule has 0 aliphatic carbocycles. The van der Waals surface area contributed by atoms with Crippen molar-refractivity contribution >= 4 is 0 Å². The van der Waals surface area contributed by atoms with Crippen molar-refractivity contribution in [3.8, 4) is 5.75 Å². The fourth-order valence-corrected chi connectivity index (χ4v) is 1.45. The molecule has 8 heteroatoms. The predicted octanol–water partition coefficient (Wildman–Crippen LogP) is 4.17. The number of hydrogen-bond donors (Lipinski definition) is 0. The molecule has 0 N–H and O–H groups in total. The van der Waals surface area contributed by atoms with E-state index in [0.29, 0.717) is 12.1 Å². The molecule has 1 aromatic carbocycles. The maximum Gasteiger partial charge on any atom is 0.420 e. The number of rotatable bonds is 2. The normalized spacial score (nSPS) is 12.5. The van der Waals surface area contributed by atoms with Crippen molar-refractivity contribution in [1.29, 1.82) is 0 Å². The van der Waals surface area contributed by atoms with E-state index in [-0.39, 0.29) is 6.07 Å². The van der Waals surface area contributed by atoms with E-state index in [1.54, 1.807) is 0 Å². The van der Waals surface area contributed by atoms with Gasteiger partial charge in [-0.1, -0.05) is 0 Å². The van der Waals surface area contributed by atoms with Crippen LogP contribution >= 0.6 is 0 Å². The van der Waals surface area contributed by atoms with Crippen LogP contribution in [0.3, 0.4) is 0 Å². The smallest absolute Gasteiger partial charge is 0.375 e. The molecule has 0 saturated carbocycles. The van der Waals surface area contributed by atoms with Gasteiger partial charge in [0.25, 0.3) is 0 Å². The summed E-state index contributed by atoms with van der Waals surface area (Å²) in [5.41, 5.74) is -2.89. The highest BCUT2D eigenvalue weighted by Crippen LogP contribution is 2.40. The van der Waals surface area contributed by atoms with Gasteiger partial charge in [-0.3, -0.25) is 0 Å². The molecule has 2 nitrogen and oxygen atoms in total. The van der Waals surface area contributed by atoms with Crippen LogP contribution in [0, 0.1) is 6.07 Å². The molecule has 20 heavy (non-hydrogen) atoms. The van der Waals surface area contributed by atoms with Gasteiger partial charge < -0.3 is 4.84 Å². The van der Waals surface area contributed by atoms with Crippen LogP contribution in [0.15, 0.2) is 36.7 Å². The first-order valence-electron chi connectivity index (χ1n) is 5.19. The van der Waals surface area contributed by atoms with Crippen LogP contribution in [-0.4, -0.2) is 4.73 Å². The maximum atomic E-state index is 12.8. The van der Waals surface area contributed by atoms with E-state index in [1.807, 2.05) is 0 Å². The van der Waals surface area contributed by atoms with E-state index >= 15 is 0 Å². The molecule has 0 bridgehead atoms. The van der Waals surface area contributed by atoms with Crippen LogP contribution in [0.4, 0.5) is 26.3 Å². The molecule has 0 amide bonds. The Morgan fingerprint density at radius 1 is 1.00 bits per heavy atom. The van der Waals surface area contributed by atoms with Gasteiger partial charge in [-0.05, 0) is 24.3 Å². The summed E-state index contributed by atoms with van der Waals surface area (Å²) >= 11 is 0. The number of halogens is 6. The van der Waals surface area contributed by atoms with Gasteiger partial charge in [-0.15, -0.1) is 0 Å². The zero-order chi connectivity index (χ0) is 15.0. The first-order chi connectivity index (χ1) is 9.18. The van der Waals surface area contributed by atoms with Crippen molar-refractivity contribution in [2.45, 2.75) is 12.4 Å². The van der Waals surface area contributed by atoms with E-state index in [4.69, 9.17) is 4.84 Å². The standard InChI is InChI=1S/C12H6F6NO/c13-11(14,15)8-3-4-10(9(7-8)12(16,17)18)20-19-5-1-2-6-19/h1,3-7H. The third-order valence-electron chi connectivity index (χ3n) is 2.34. The summed E-state index contributed by atoms with van der Waals surface area (Å²) in [6, 6.07) is 5.07. The molecule has 0 fully saturated rings. The summed E-state index contributed by atoms with van der Waals surface area (Å²) in [5, 5.41) is 0. The third-order valence-corrected chi connectivity index (χ3v) is 2.34. The SMILES string of the molecule is FC(F)(F)c1ccc(On2c[c]cc2)c(C(F)(F)F)c1. The lowest BCUT2D eigenvalue weighted by Crippen LogP contribution is -2.14. The Morgan fingerprint density at radius 2 is 1.70 bits per heavy atom. The van der Waals surface area contributed by atoms with E-state index < -0.39 is 29.2 Å². The molecule has 0 spiro atoms. The van der Waals surface area contributed by atoms with Gasteiger partial charge in [0, 0.05) is 12.3 Å². The van der Waals surface area contributed by atoms with Crippen molar-refractivity contribution < 1.29 is 31.2 Å². The minimum atomic E-state index is -4.96. The first-order valence-corrected chi connectivity index (χ1v) is 5.19. The molecule has 1 heterocycles. The number of alkyl halides is 6. The third kappa shape index (κ3) is 3.06. The van der Waals surface area contributed by atoms with Crippen molar-refractivity contribution in [2.75, 3.05) is 0 Å². The zero-order valence-electron chi connectivity index (χ0n) is 9.59. The van der Waals surface area contributed by atoms with Gasteiger partial charge >= 0.3 is 12.4 Å². The number of benzene rings is 1. The van der Waals surface area contributed by atoms with Crippen LogP contribution in [0.5, 0.6) is 5.75 Å². The molecule has 107 valence electrons. The highest BCUT2D eigenvalue weighted by Gasteiger charge is 2.39. The predicted molar refractivity (Wildman–Crippen MR) is 55.7 cm³/mol. The highest BCUT2D eigenvalue weighted by molar-refractivity contribution is 5.40. The molecule has 0 aliphatic rings. The summed E-state index contributed by atoms with van der Waals surface area (Å²) in [5.74, 6) is -0.727. The van der Waals surface area contributed by atoms with Gasteiger partial charge in [0.15, 0.2) is 5.75 Å². The van der Waals surface area contributed by atoms with Gasteiger partial charge in [0.1, 0.15) is 5.56 Å². The summed E-state index contributed by atoms with van der Waals surface area (Å²) in [4.78, 5) is 4.84. The fraction of sp³-hybridized carbons (Fsp3) is 0.167. The molecule has 0 atom stereocenters. The summed E-state index contributed by atoms with van der Waals surface area (Å²) < 4.78 is 76.6. The second-order valence-electron chi connectivity index (χ2n) is 3.77. The van der Waals surface area contributed by atoms with Gasteiger partial charge in [-0.2, -0.15) is 31.1 Å². The van der Waals surface area contributed by atoms with Gasteiger partial charge in [-0.25, -0.2) is 0 Å². The maximum absolute atomic E-state index is 12.8. The topological polar surface area (TPSA) is 14.2 Å². The largest absolute Gasteiger partial charge is 0.420 e. The summed E-state index contributed by atoms with van der Waals surface area (Å²) in [6.45, 7) is 0. The molecule has 2 aromatic rings. The minimum absolute atomic E-state index is 0.0164. The van der Waals surface area contributed by atoms with Gasteiger partial charge in [0.05, 0.1) is 11.8 Å². The molecular formula is C12H6F6NO. The Hall–Kier alpha value is -2.12. The average Bonchev–Trinajstić information content (AvgIpc) is 2.79. The zero-order valence-corrected chi connectivity index (χ0v) is 9.59. The lowest BCUT2D eigenvalue weighted by molar-refractivity contribution is -0.144. The van der Waals surface area contributed by atoms with Crippen LogP contribution in [-0.2, 0) is 12.4 Å². The number of aromatic nitrogens is 1. The number of nitrogens with zero attached hydrogens (tertiary/aromatic N) is 1. The van der Waals surface area contributed by atoms with Gasteiger partial charge in [0.2, 0.25) is 0 Å². The van der Waals surface area contributed by atoms with E-state index in [2.05, 4.69) is 6.07 Å². The summed E-state index contributed by atoms with van der Waals surface area (Å²) in [7, 11) is 0. The molecule has 0 unspecified atom stereocenters. The Kier molecular flexibility index (Phi) is 3.41. The quantitative estimate of drug-likeness (QED) is 0.758. The molecule has 0 saturated heterocycles. The second kappa shape index (κ2) is 4.77. The average molecular weight is 294 g/mol. The number of hydrogen-bond acceptors (Lipinski definition) is 1. The van der Waals surface area contributed by atoms with Crippen molar-refractivity contribution in [3.63, 3.8) is 0 Å². The Balaban J connectivity index is 2.46. The van der Waals surface area contributed by atoms with Crippen molar-refractivity contribution in [3.05, 3.63) is 53.9 Å². The van der Waals surface area contributed by atoms with Crippen LogP contribution < -0.4 is 4.84 Å². The Bertz CT molecular complexity index is 585. The molecule has 0 aliphatic heterocycles. The van der Waals surface area contributed by atoms with Crippen LogP contribution in [0.1, 0.15) is 11.1 Å². The van der Waals surface area contributed by atoms with Crippen LogP contribution in [0.2, 0.25) is 0 Å². The monoisotopic (exact) mass is 294 g/mol. The Morgan fingerprint density at radius 3 is 2.20 bits per heavy atom. The second-order valence-corrected chi connectivity index (χ2v) is 3.77. The van der Waals surface area contributed by atoms with Crippen molar-refractivity contribution in [2.24, 2.45) is 0 Å². The molecule has 2 rings (SSSR count). The van der Waals surface area contributed by atoms with Crippen LogP contribution in [0.25, 0.3) is 0 Å². The van der Waals surface area contributed by atoms with E-state index in [9.17, 15) is 26.3 Å².